The van der Waals surface area contributed by atoms with E-state index in [1.807, 2.05) is 24.5 Å². The average Bonchev–Trinajstić information content (AvgIpc) is 3.44. The number of carbonyl (C=O) groups is 2. The van der Waals surface area contributed by atoms with Gasteiger partial charge in [0.2, 0.25) is 5.91 Å². The summed E-state index contributed by atoms with van der Waals surface area (Å²) in [6, 6.07) is 9.90. The van der Waals surface area contributed by atoms with Gasteiger partial charge in [-0.1, -0.05) is 44.2 Å². The molecule has 0 aromatic heterocycles. The van der Waals surface area contributed by atoms with E-state index in [1.54, 1.807) is 18.2 Å². The maximum atomic E-state index is 14.3. The number of fused-ring (bicyclic) bond motifs is 1. The van der Waals surface area contributed by atoms with Crippen LogP contribution in [0.3, 0.4) is 0 Å². The lowest BCUT2D eigenvalue weighted by molar-refractivity contribution is -0.132. The number of amides is 1. The molecule has 204 valence electrons. The van der Waals surface area contributed by atoms with Gasteiger partial charge in [0.1, 0.15) is 5.82 Å². The molecule has 1 saturated heterocycles. The number of allylic oxidation sites excluding steroid dienone is 1. The Morgan fingerprint density at radius 2 is 1.84 bits per heavy atom. The highest BCUT2D eigenvalue weighted by Gasteiger charge is 2.41. The van der Waals surface area contributed by atoms with Crippen LogP contribution in [0.25, 0.3) is 16.5 Å². The summed E-state index contributed by atoms with van der Waals surface area (Å²) in [5, 5.41) is 9.22. The molecule has 1 saturated carbocycles. The molecule has 0 bridgehead atoms. The zero-order chi connectivity index (χ0) is 27.1. The molecule has 1 unspecified atom stereocenters. The van der Waals surface area contributed by atoms with Crippen LogP contribution >= 0.6 is 11.8 Å². The predicted molar refractivity (Wildman–Crippen MR) is 153 cm³/mol. The normalized spacial score (nSPS) is 21.4. The predicted octanol–water partition coefficient (Wildman–Crippen LogP) is 4.99. The van der Waals surface area contributed by atoms with E-state index >= 15 is 0 Å². The second-order valence-corrected chi connectivity index (χ2v) is 11.1. The van der Waals surface area contributed by atoms with Crippen LogP contribution in [0.1, 0.15) is 44.6 Å². The molecule has 2 aromatic rings. The number of thioether (sulfide) groups is 1. The van der Waals surface area contributed by atoms with E-state index in [-0.39, 0.29) is 41.8 Å². The lowest BCUT2D eigenvalue weighted by atomic mass is 9.81. The van der Waals surface area contributed by atoms with Crippen molar-refractivity contribution in [3.05, 3.63) is 64.7 Å². The van der Waals surface area contributed by atoms with Crippen molar-refractivity contribution < 1.29 is 18.7 Å². The first kappa shape index (κ1) is 28.3. The average molecular weight is 540 g/mol. The number of likely N-dealkylation sites (N-methyl/N-ethyl adjacent to an activating group) is 1. The Labute approximate surface area is 228 Å². The molecular formula is C30H38FN3O3S. The Morgan fingerprint density at radius 3 is 2.58 bits per heavy atom. The van der Waals surface area contributed by atoms with Crippen molar-refractivity contribution in [1.29, 1.82) is 0 Å². The number of halogens is 1. The number of rotatable bonds is 11. The van der Waals surface area contributed by atoms with E-state index in [2.05, 4.69) is 17.2 Å². The van der Waals surface area contributed by atoms with Crippen LogP contribution in [0.5, 0.6) is 0 Å². The minimum absolute atomic E-state index is 0.00882. The van der Waals surface area contributed by atoms with Crippen molar-refractivity contribution in [2.24, 2.45) is 23.5 Å². The molecule has 4 rings (SSSR count). The SMILES string of the molecule is C=C(S/C=C(\N)c1ccc(F)c2ccccc12)[C@@H]1CCCC1C(=O)[C@@H](NC(=O)CNCC)C1CCOCC1. The Balaban J connectivity index is 1.48. The highest BCUT2D eigenvalue weighted by molar-refractivity contribution is 8.06. The monoisotopic (exact) mass is 539 g/mol. The molecule has 1 aliphatic carbocycles. The summed E-state index contributed by atoms with van der Waals surface area (Å²) in [5.74, 6) is -0.434. The minimum atomic E-state index is -0.514. The van der Waals surface area contributed by atoms with Crippen LogP contribution in [0, 0.1) is 23.6 Å². The molecule has 1 heterocycles. The van der Waals surface area contributed by atoms with Gasteiger partial charge in [0.15, 0.2) is 5.78 Å². The van der Waals surface area contributed by atoms with Crippen molar-refractivity contribution in [1.82, 2.24) is 10.6 Å². The molecule has 8 heteroatoms. The number of nitrogens with two attached hydrogens (primary N) is 1. The van der Waals surface area contributed by atoms with Crippen LogP contribution in [0.2, 0.25) is 0 Å². The standard InChI is InChI=1S/C30H38FN3O3S/c1-3-33-17-28(35)34-29(20-13-15-37-16-14-20)30(36)25-10-6-9-21(25)19(2)38-18-27(32)24-11-12-26(31)23-8-5-4-7-22(23)24/h4-5,7-8,11-12,18,20-21,25,29,33H,2-3,6,9-10,13-17,32H2,1H3,(H,34,35)/b27-18-/t21-,25?,29-/m0/s1. The largest absolute Gasteiger partial charge is 0.398 e. The summed E-state index contributed by atoms with van der Waals surface area (Å²) in [5.41, 5.74) is 7.74. The third kappa shape index (κ3) is 6.65. The summed E-state index contributed by atoms with van der Waals surface area (Å²) in [7, 11) is 0. The van der Waals surface area contributed by atoms with Crippen molar-refractivity contribution >= 4 is 39.9 Å². The van der Waals surface area contributed by atoms with Crippen LogP contribution in [-0.4, -0.2) is 44.0 Å². The molecule has 2 aliphatic rings. The number of nitrogens with one attached hydrogen (secondary N) is 2. The van der Waals surface area contributed by atoms with E-state index in [9.17, 15) is 14.0 Å². The zero-order valence-electron chi connectivity index (χ0n) is 22.0. The number of ether oxygens (including phenoxy) is 1. The van der Waals surface area contributed by atoms with E-state index in [0.717, 1.165) is 48.0 Å². The van der Waals surface area contributed by atoms with Crippen LogP contribution in [0.4, 0.5) is 4.39 Å². The van der Waals surface area contributed by atoms with Crippen molar-refractivity contribution in [2.75, 3.05) is 26.3 Å². The summed E-state index contributed by atoms with van der Waals surface area (Å²) in [6.07, 6.45) is 4.12. The van der Waals surface area contributed by atoms with Crippen LogP contribution in [-0.2, 0) is 14.3 Å². The number of hydrogen-bond donors (Lipinski definition) is 3. The Bertz CT molecular complexity index is 1190. The number of benzene rings is 2. The fourth-order valence-electron chi connectivity index (χ4n) is 5.65. The molecule has 0 radical (unpaired) electrons. The van der Waals surface area contributed by atoms with Gasteiger partial charge in [-0.3, -0.25) is 9.59 Å². The molecule has 1 amide bonds. The first-order chi connectivity index (χ1) is 18.4. The molecule has 1 aliphatic heterocycles. The van der Waals surface area contributed by atoms with Gasteiger partial charge in [0.05, 0.1) is 12.6 Å². The Kier molecular flexibility index (Phi) is 9.99. The van der Waals surface area contributed by atoms with Gasteiger partial charge < -0.3 is 21.1 Å². The summed E-state index contributed by atoms with van der Waals surface area (Å²) < 4.78 is 19.8. The molecule has 0 spiro atoms. The fourth-order valence-corrected chi connectivity index (χ4v) is 6.52. The van der Waals surface area contributed by atoms with E-state index in [0.29, 0.717) is 30.8 Å². The first-order valence-electron chi connectivity index (χ1n) is 13.5. The molecule has 2 fully saturated rings. The molecular weight excluding hydrogens is 501 g/mol. The number of ketones is 1. The molecule has 2 aromatic carbocycles. The van der Waals surface area contributed by atoms with E-state index in [4.69, 9.17) is 10.5 Å². The summed E-state index contributed by atoms with van der Waals surface area (Å²) in [4.78, 5) is 27.4. The van der Waals surface area contributed by atoms with Gasteiger partial charge in [-0.2, -0.15) is 0 Å². The molecule has 4 N–H and O–H groups in total. The minimum Gasteiger partial charge on any atom is -0.398 e. The third-order valence-corrected chi connectivity index (χ3v) is 8.69. The maximum Gasteiger partial charge on any atom is 0.234 e. The van der Waals surface area contributed by atoms with Gasteiger partial charge in [-0.25, -0.2) is 4.39 Å². The topological polar surface area (TPSA) is 93.5 Å². The number of carbonyl (C=O) groups excluding carboxylic acids is 2. The van der Waals surface area contributed by atoms with Gasteiger partial charge in [0, 0.05) is 35.8 Å². The third-order valence-electron chi connectivity index (χ3n) is 7.71. The van der Waals surface area contributed by atoms with Gasteiger partial charge in [-0.05, 0) is 71.9 Å². The molecule has 38 heavy (non-hydrogen) atoms. The van der Waals surface area contributed by atoms with Crippen molar-refractivity contribution in [2.45, 2.75) is 45.1 Å². The van der Waals surface area contributed by atoms with Gasteiger partial charge >= 0.3 is 0 Å². The maximum absolute atomic E-state index is 14.3. The zero-order valence-corrected chi connectivity index (χ0v) is 22.8. The van der Waals surface area contributed by atoms with Gasteiger partial charge in [0.25, 0.3) is 0 Å². The molecule has 6 nitrogen and oxygen atoms in total. The second kappa shape index (κ2) is 13.4. The lowest BCUT2D eigenvalue weighted by Gasteiger charge is -2.33. The quantitative estimate of drug-likeness (QED) is 0.373. The fraction of sp³-hybridized carbons (Fsp3) is 0.467. The smallest absolute Gasteiger partial charge is 0.234 e. The number of Topliss-reactive ketones (excluding diaryl/α,β-unsaturated/α-hetero) is 1. The highest BCUT2D eigenvalue weighted by Crippen LogP contribution is 2.43. The lowest BCUT2D eigenvalue weighted by Crippen LogP contribution is -2.52. The van der Waals surface area contributed by atoms with Crippen molar-refractivity contribution in [3.63, 3.8) is 0 Å². The van der Waals surface area contributed by atoms with Crippen LogP contribution < -0.4 is 16.4 Å². The van der Waals surface area contributed by atoms with Crippen molar-refractivity contribution in [3.8, 4) is 0 Å². The summed E-state index contributed by atoms with van der Waals surface area (Å²) in [6.45, 7) is 8.36. The summed E-state index contributed by atoms with van der Waals surface area (Å²) >= 11 is 1.44. The van der Waals surface area contributed by atoms with E-state index in [1.165, 1.54) is 17.8 Å². The highest BCUT2D eigenvalue weighted by atomic mass is 32.2. The molecule has 3 atom stereocenters. The second-order valence-electron chi connectivity index (χ2n) is 10.1. The Morgan fingerprint density at radius 1 is 1.13 bits per heavy atom. The van der Waals surface area contributed by atoms with Gasteiger partial charge in [-0.15, -0.1) is 11.8 Å². The van der Waals surface area contributed by atoms with Crippen LogP contribution in [0.15, 0.2) is 53.3 Å². The first-order valence-corrected chi connectivity index (χ1v) is 14.4. The number of hydrogen-bond acceptors (Lipinski definition) is 6. The van der Waals surface area contributed by atoms with E-state index < -0.39 is 6.04 Å². The Hall–Kier alpha value is -2.68.